The van der Waals surface area contributed by atoms with E-state index in [0.29, 0.717) is 5.11 Å². The summed E-state index contributed by atoms with van der Waals surface area (Å²) in [5.41, 5.74) is 4.94. The number of nitrogens with one attached hydrogen (secondary N) is 2. The summed E-state index contributed by atoms with van der Waals surface area (Å²) < 4.78 is 0. The van der Waals surface area contributed by atoms with E-state index in [-0.39, 0.29) is 6.04 Å². The lowest BCUT2D eigenvalue weighted by atomic mass is 9.99. The van der Waals surface area contributed by atoms with Crippen LogP contribution in [0.15, 0.2) is 36.5 Å². The van der Waals surface area contributed by atoms with Crippen LogP contribution in [0.1, 0.15) is 41.6 Å². The first-order valence-corrected chi connectivity index (χ1v) is 7.98. The summed E-state index contributed by atoms with van der Waals surface area (Å²) in [6.45, 7) is 8.43. The number of pyridine rings is 1. The lowest BCUT2D eigenvalue weighted by Gasteiger charge is -2.21. The van der Waals surface area contributed by atoms with Crippen LogP contribution in [0.2, 0.25) is 0 Å². The third-order valence-electron chi connectivity index (χ3n) is 3.89. The first kappa shape index (κ1) is 16.4. The molecular weight excluding hydrogens is 290 g/mol. The number of hydrogen-bond donors (Lipinski definition) is 2. The number of rotatable bonds is 4. The van der Waals surface area contributed by atoms with Crippen LogP contribution < -0.4 is 10.6 Å². The first-order valence-electron chi connectivity index (χ1n) is 7.57. The maximum Gasteiger partial charge on any atom is 0.172 e. The molecule has 0 aliphatic carbocycles. The maximum absolute atomic E-state index is 5.43. The van der Waals surface area contributed by atoms with Crippen LogP contribution in [0.5, 0.6) is 0 Å². The molecule has 0 amide bonds. The smallest absolute Gasteiger partial charge is 0.172 e. The quantitative estimate of drug-likeness (QED) is 0.818. The Hall–Kier alpha value is -1.94. The average Bonchev–Trinajstić information content (AvgIpc) is 2.50. The van der Waals surface area contributed by atoms with E-state index in [2.05, 4.69) is 54.6 Å². The van der Waals surface area contributed by atoms with Gasteiger partial charge in [-0.1, -0.05) is 31.2 Å². The molecule has 0 radical (unpaired) electrons. The third-order valence-corrected chi connectivity index (χ3v) is 4.11. The molecule has 0 spiro atoms. The van der Waals surface area contributed by atoms with Crippen molar-refractivity contribution in [3.05, 3.63) is 58.8 Å². The molecule has 0 saturated heterocycles. The van der Waals surface area contributed by atoms with Crippen LogP contribution in [-0.4, -0.2) is 10.1 Å². The van der Waals surface area contributed by atoms with E-state index < -0.39 is 0 Å². The van der Waals surface area contributed by atoms with Gasteiger partial charge < -0.3 is 10.6 Å². The van der Waals surface area contributed by atoms with Gasteiger partial charge in [-0.2, -0.15) is 0 Å². The van der Waals surface area contributed by atoms with E-state index in [1.807, 2.05) is 19.1 Å². The van der Waals surface area contributed by atoms with Gasteiger partial charge in [-0.05, 0) is 67.7 Å². The molecule has 0 aliphatic heterocycles. The fraction of sp³-hybridized carbons (Fsp3) is 0.333. The lowest BCUT2D eigenvalue weighted by Crippen LogP contribution is -2.32. The molecule has 0 saturated carbocycles. The number of hydrogen-bond acceptors (Lipinski definition) is 2. The molecule has 3 nitrogen and oxygen atoms in total. The fourth-order valence-corrected chi connectivity index (χ4v) is 2.56. The summed E-state index contributed by atoms with van der Waals surface area (Å²) in [5, 5.41) is 7.17. The van der Waals surface area contributed by atoms with E-state index in [4.69, 9.17) is 12.2 Å². The molecule has 2 rings (SSSR count). The van der Waals surface area contributed by atoms with Crippen molar-refractivity contribution in [1.29, 1.82) is 0 Å². The van der Waals surface area contributed by atoms with Gasteiger partial charge in [0, 0.05) is 6.20 Å². The lowest BCUT2D eigenvalue weighted by molar-refractivity contribution is 0.628. The van der Waals surface area contributed by atoms with Crippen molar-refractivity contribution < 1.29 is 0 Å². The number of thiocarbonyl (C=S) groups is 1. The Kier molecular flexibility index (Phi) is 5.50. The molecule has 1 aromatic carbocycles. The van der Waals surface area contributed by atoms with Crippen molar-refractivity contribution >= 4 is 23.1 Å². The summed E-state index contributed by atoms with van der Waals surface area (Å²) in [4.78, 5) is 4.31. The van der Waals surface area contributed by atoms with E-state index in [9.17, 15) is 0 Å². The van der Waals surface area contributed by atoms with Crippen molar-refractivity contribution in [3.8, 4) is 0 Å². The van der Waals surface area contributed by atoms with Gasteiger partial charge >= 0.3 is 0 Å². The van der Waals surface area contributed by atoms with E-state index >= 15 is 0 Å². The van der Waals surface area contributed by atoms with E-state index in [0.717, 1.165) is 17.8 Å². The zero-order valence-corrected chi connectivity index (χ0v) is 14.4. The molecule has 1 heterocycles. The molecular formula is C18H23N3S. The van der Waals surface area contributed by atoms with Gasteiger partial charge in [0.25, 0.3) is 0 Å². The number of anilines is 1. The Morgan fingerprint density at radius 1 is 1.14 bits per heavy atom. The van der Waals surface area contributed by atoms with Crippen LogP contribution in [0.4, 0.5) is 5.82 Å². The molecule has 1 atom stereocenters. The number of aryl methyl sites for hydroxylation is 3. The number of aromatic nitrogens is 1. The van der Waals surface area contributed by atoms with Crippen LogP contribution in [-0.2, 0) is 0 Å². The van der Waals surface area contributed by atoms with Crippen molar-refractivity contribution in [2.24, 2.45) is 0 Å². The molecule has 1 aromatic heterocycles. The largest absolute Gasteiger partial charge is 0.356 e. The minimum atomic E-state index is 0.198. The molecule has 0 fully saturated rings. The second-order valence-electron chi connectivity index (χ2n) is 5.57. The number of benzene rings is 1. The van der Waals surface area contributed by atoms with Crippen molar-refractivity contribution in [1.82, 2.24) is 10.3 Å². The summed E-state index contributed by atoms with van der Waals surface area (Å²) in [5.74, 6) is 0.801. The minimum Gasteiger partial charge on any atom is -0.356 e. The normalized spacial score (nSPS) is 11.8. The predicted octanol–water partition coefficient (Wildman–Crippen LogP) is 4.44. The zero-order valence-electron chi connectivity index (χ0n) is 13.6. The molecule has 22 heavy (non-hydrogen) atoms. The van der Waals surface area contributed by atoms with Gasteiger partial charge in [0.1, 0.15) is 5.82 Å². The number of nitrogens with zero attached hydrogens (tertiary/aromatic N) is 1. The van der Waals surface area contributed by atoms with E-state index in [1.54, 1.807) is 6.20 Å². The second kappa shape index (κ2) is 7.36. The molecule has 0 bridgehead atoms. The summed E-state index contributed by atoms with van der Waals surface area (Å²) in [7, 11) is 0. The molecule has 2 aromatic rings. The molecule has 2 N–H and O–H groups in total. The summed E-state index contributed by atoms with van der Waals surface area (Å²) in [6, 6.07) is 10.7. The first-order chi connectivity index (χ1) is 10.5. The Morgan fingerprint density at radius 3 is 2.55 bits per heavy atom. The van der Waals surface area contributed by atoms with Gasteiger partial charge in [-0.25, -0.2) is 4.98 Å². The minimum absolute atomic E-state index is 0.198. The molecule has 116 valence electrons. The van der Waals surface area contributed by atoms with Gasteiger partial charge in [-0.3, -0.25) is 0 Å². The highest BCUT2D eigenvalue weighted by Crippen LogP contribution is 2.20. The van der Waals surface area contributed by atoms with Crippen LogP contribution >= 0.6 is 12.2 Å². The monoisotopic (exact) mass is 313 g/mol. The highest BCUT2D eigenvalue weighted by Gasteiger charge is 2.12. The molecule has 4 heteroatoms. The van der Waals surface area contributed by atoms with Crippen LogP contribution in [0.25, 0.3) is 0 Å². The standard InChI is InChI=1S/C18H23N3S/c1-5-16(15-9-8-12(2)14(4)11-15)20-18(22)21-17-13(3)7-6-10-19-17/h6-11,16H,5H2,1-4H3,(H2,19,20,21,22)/t16-/m0/s1. The average molecular weight is 313 g/mol. The second-order valence-corrected chi connectivity index (χ2v) is 5.98. The molecule has 0 aliphatic rings. The SMILES string of the molecule is CC[C@H](NC(=S)Nc1ncccc1C)c1ccc(C)c(C)c1. The Morgan fingerprint density at radius 2 is 1.91 bits per heavy atom. The summed E-state index contributed by atoms with van der Waals surface area (Å²) >= 11 is 5.43. The topological polar surface area (TPSA) is 37.0 Å². The fourth-order valence-electron chi connectivity index (χ4n) is 2.32. The van der Waals surface area contributed by atoms with E-state index in [1.165, 1.54) is 16.7 Å². The highest BCUT2D eigenvalue weighted by atomic mass is 32.1. The van der Waals surface area contributed by atoms with Crippen molar-refractivity contribution in [3.63, 3.8) is 0 Å². The van der Waals surface area contributed by atoms with Crippen molar-refractivity contribution in [2.75, 3.05) is 5.32 Å². The Bertz CT molecular complexity index is 667. The van der Waals surface area contributed by atoms with Crippen LogP contribution in [0, 0.1) is 20.8 Å². The van der Waals surface area contributed by atoms with Crippen LogP contribution in [0.3, 0.4) is 0 Å². The van der Waals surface area contributed by atoms with Crippen molar-refractivity contribution in [2.45, 2.75) is 40.2 Å². The predicted molar refractivity (Wildman–Crippen MR) is 97.3 cm³/mol. The third kappa shape index (κ3) is 4.04. The molecule has 0 unspecified atom stereocenters. The summed E-state index contributed by atoms with van der Waals surface area (Å²) in [6.07, 6.45) is 2.73. The highest BCUT2D eigenvalue weighted by molar-refractivity contribution is 7.80. The Labute approximate surface area is 138 Å². The van der Waals surface area contributed by atoms with Gasteiger partial charge in [-0.15, -0.1) is 0 Å². The van der Waals surface area contributed by atoms with Gasteiger partial charge in [0.05, 0.1) is 6.04 Å². The maximum atomic E-state index is 5.43. The van der Waals surface area contributed by atoms with Gasteiger partial charge in [0.15, 0.2) is 5.11 Å². The van der Waals surface area contributed by atoms with Gasteiger partial charge in [0.2, 0.25) is 0 Å². The zero-order chi connectivity index (χ0) is 16.1. The Balaban J connectivity index is 2.08.